The van der Waals surface area contributed by atoms with E-state index in [9.17, 15) is 10.1 Å². The summed E-state index contributed by atoms with van der Waals surface area (Å²) >= 11 is 0. The number of carbonyl (C=O) groups is 1. The maximum atomic E-state index is 13.7. The van der Waals surface area contributed by atoms with Crippen molar-refractivity contribution in [3.63, 3.8) is 0 Å². The first kappa shape index (κ1) is 30.2. The number of pyridine rings is 2. The molecule has 4 heterocycles. The number of amides is 2. The highest BCUT2D eigenvalue weighted by Crippen LogP contribution is 2.30. The maximum Gasteiger partial charge on any atom is 0.323 e. The van der Waals surface area contributed by atoms with Crippen molar-refractivity contribution >= 4 is 23.6 Å². The highest BCUT2D eigenvalue weighted by atomic mass is 16.2. The van der Waals surface area contributed by atoms with Crippen LogP contribution in [0, 0.1) is 11.3 Å². The smallest absolute Gasteiger partial charge is 0.323 e. The molecular weight excluding hydrogens is 578 g/mol. The van der Waals surface area contributed by atoms with Crippen LogP contribution in [0.2, 0.25) is 0 Å². The molecule has 3 N–H and O–H groups in total. The second kappa shape index (κ2) is 14.3. The molecule has 0 bridgehead atoms. The molecule has 1 aromatic carbocycles. The van der Waals surface area contributed by atoms with Gasteiger partial charge in [0.15, 0.2) is 0 Å². The number of benzene rings is 1. The van der Waals surface area contributed by atoms with E-state index < -0.39 is 0 Å². The standard InChI is InChI=1S/C34H35N11O/c1-44-23-28(22-41-44)26-7-12-31(37-20-26)45(34(46)40-19-24-5-3-2-4-6-24)30-10-8-29(9-11-30)42-33-39-21-27(17-35)32(43-33)38-18-25-13-15-36-16-14-25/h2-7,12-16,20-23,29-30H,8-11,18-19H2,1H3,(H,40,46)(H2,38,39,42,43)/t29-,30-. The fraction of sp³-hybridized carbons (Fsp3) is 0.265. The number of carbonyl (C=O) groups excluding carboxylic acids is 1. The molecule has 1 aliphatic rings. The number of anilines is 3. The van der Waals surface area contributed by atoms with Gasteiger partial charge in [-0.1, -0.05) is 30.3 Å². The van der Waals surface area contributed by atoms with Gasteiger partial charge in [-0.15, -0.1) is 0 Å². The van der Waals surface area contributed by atoms with Crippen LogP contribution >= 0.6 is 0 Å². The molecular formula is C34H35N11O. The minimum Gasteiger partial charge on any atom is -0.365 e. The second-order valence-electron chi connectivity index (χ2n) is 11.2. The van der Waals surface area contributed by atoms with Crippen molar-refractivity contribution in [2.45, 2.75) is 50.9 Å². The van der Waals surface area contributed by atoms with Crippen LogP contribution in [0.15, 0.2) is 91.8 Å². The summed E-state index contributed by atoms with van der Waals surface area (Å²) in [6, 6.07) is 19.6. The second-order valence-corrected chi connectivity index (χ2v) is 11.2. The Kier molecular flexibility index (Phi) is 9.39. The number of urea groups is 1. The SMILES string of the molecule is Cn1cc(-c2ccc(N(C(=O)NCc3ccccc3)[C@H]3CC[C@H](Nc4ncc(C#N)c(NCc5ccncc5)n4)CC3)nc2)cn1. The number of nitrogens with zero attached hydrogens (tertiary/aromatic N) is 8. The Morgan fingerprint density at radius 2 is 1.72 bits per heavy atom. The van der Waals surface area contributed by atoms with Crippen LogP contribution in [0.5, 0.6) is 0 Å². The molecule has 0 radical (unpaired) electrons. The van der Waals surface area contributed by atoms with Gasteiger partial charge in [0.05, 0.1) is 12.4 Å². The van der Waals surface area contributed by atoms with Gasteiger partial charge in [-0.25, -0.2) is 14.8 Å². The lowest BCUT2D eigenvalue weighted by atomic mass is 9.90. The Hall–Kier alpha value is -5.83. The third-order valence-electron chi connectivity index (χ3n) is 8.05. The van der Waals surface area contributed by atoms with Crippen LogP contribution in [0.25, 0.3) is 11.1 Å². The van der Waals surface area contributed by atoms with Gasteiger partial charge in [-0.3, -0.25) is 14.6 Å². The average Bonchev–Trinajstić information content (AvgIpc) is 3.54. The van der Waals surface area contributed by atoms with Gasteiger partial charge < -0.3 is 16.0 Å². The molecule has 232 valence electrons. The van der Waals surface area contributed by atoms with Gasteiger partial charge in [0.1, 0.15) is 23.3 Å². The number of hydrogen-bond donors (Lipinski definition) is 3. The van der Waals surface area contributed by atoms with E-state index in [2.05, 4.69) is 42.1 Å². The fourth-order valence-corrected chi connectivity index (χ4v) is 5.60. The molecule has 12 nitrogen and oxygen atoms in total. The van der Waals surface area contributed by atoms with Crippen molar-refractivity contribution in [3.8, 4) is 17.2 Å². The van der Waals surface area contributed by atoms with E-state index >= 15 is 0 Å². The first-order valence-electron chi connectivity index (χ1n) is 15.3. The molecule has 4 aromatic heterocycles. The molecule has 5 aromatic rings. The molecule has 0 aliphatic heterocycles. The predicted molar refractivity (Wildman–Crippen MR) is 176 cm³/mol. The number of aromatic nitrogens is 6. The largest absolute Gasteiger partial charge is 0.365 e. The summed E-state index contributed by atoms with van der Waals surface area (Å²) < 4.78 is 1.75. The molecule has 1 fully saturated rings. The molecule has 0 spiro atoms. The first-order valence-corrected chi connectivity index (χ1v) is 15.3. The summed E-state index contributed by atoms with van der Waals surface area (Å²) in [5.74, 6) is 1.55. The highest BCUT2D eigenvalue weighted by Gasteiger charge is 2.31. The van der Waals surface area contributed by atoms with Gasteiger partial charge in [0.2, 0.25) is 5.95 Å². The summed E-state index contributed by atoms with van der Waals surface area (Å²) in [7, 11) is 1.88. The van der Waals surface area contributed by atoms with Crippen molar-refractivity contribution in [3.05, 3.63) is 108 Å². The summed E-state index contributed by atoms with van der Waals surface area (Å²) in [5.41, 5.74) is 4.34. The number of hydrogen-bond acceptors (Lipinski definition) is 9. The van der Waals surface area contributed by atoms with Crippen LogP contribution in [0.4, 0.5) is 22.4 Å². The van der Waals surface area contributed by atoms with E-state index in [0.717, 1.165) is 47.9 Å². The van der Waals surface area contributed by atoms with Gasteiger partial charge in [0.25, 0.3) is 0 Å². The quantitative estimate of drug-likeness (QED) is 0.191. The molecule has 12 heteroatoms. The van der Waals surface area contributed by atoms with E-state index in [-0.39, 0.29) is 18.1 Å². The van der Waals surface area contributed by atoms with Crippen molar-refractivity contribution in [1.82, 2.24) is 35.0 Å². The van der Waals surface area contributed by atoms with E-state index in [0.29, 0.717) is 36.2 Å². The fourth-order valence-electron chi connectivity index (χ4n) is 5.60. The highest BCUT2D eigenvalue weighted by molar-refractivity contribution is 5.91. The van der Waals surface area contributed by atoms with Gasteiger partial charge in [0, 0.05) is 68.1 Å². The normalized spacial score (nSPS) is 15.8. The van der Waals surface area contributed by atoms with Crippen molar-refractivity contribution in [1.29, 1.82) is 5.26 Å². The molecule has 1 aliphatic carbocycles. The lowest BCUT2D eigenvalue weighted by Crippen LogP contribution is -2.49. The van der Waals surface area contributed by atoms with Gasteiger partial charge in [-0.2, -0.15) is 15.3 Å². The number of aryl methyl sites for hydroxylation is 1. The molecule has 1 saturated carbocycles. The third kappa shape index (κ3) is 7.44. The Labute approximate surface area is 267 Å². The number of nitrogens with one attached hydrogen (secondary N) is 3. The molecule has 46 heavy (non-hydrogen) atoms. The summed E-state index contributed by atoms with van der Waals surface area (Å²) in [6.07, 6.45) is 13.7. The van der Waals surface area contributed by atoms with Crippen LogP contribution in [0.1, 0.15) is 42.4 Å². The zero-order valence-corrected chi connectivity index (χ0v) is 25.5. The van der Waals surface area contributed by atoms with Crippen LogP contribution in [0.3, 0.4) is 0 Å². The minimum absolute atomic E-state index is 0.0370. The lowest BCUT2D eigenvalue weighted by molar-refractivity contribution is 0.240. The Bertz CT molecular complexity index is 1780. The van der Waals surface area contributed by atoms with Crippen molar-refractivity contribution in [2.24, 2.45) is 7.05 Å². The average molecular weight is 614 g/mol. The number of nitriles is 1. The lowest BCUT2D eigenvalue weighted by Gasteiger charge is -2.36. The Balaban J connectivity index is 1.13. The topological polar surface area (TPSA) is 150 Å². The zero-order valence-electron chi connectivity index (χ0n) is 25.5. The molecule has 0 unspecified atom stereocenters. The molecule has 2 amide bonds. The molecule has 0 saturated heterocycles. The summed E-state index contributed by atoms with van der Waals surface area (Å²) in [5, 5.41) is 23.6. The maximum absolute atomic E-state index is 13.7. The van der Waals surface area contributed by atoms with E-state index in [1.54, 1.807) is 34.4 Å². The van der Waals surface area contributed by atoms with Crippen molar-refractivity contribution < 1.29 is 4.79 Å². The predicted octanol–water partition coefficient (Wildman–Crippen LogP) is 5.29. The van der Waals surface area contributed by atoms with E-state index in [1.165, 1.54) is 6.20 Å². The van der Waals surface area contributed by atoms with Crippen LogP contribution in [-0.2, 0) is 20.1 Å². The minimum atomic E-state index is -0.178. The first-order chi connectivity index (χ1) is 22.6. The molecule has 6 rings (SSSR count). The molecule has 0 atom stereocenters. The van der Waals surface area contributed by atoms with E-state index in [1.807, 2.05) is 67.8 Å². The summed E-state index contributed by atoms with van der Waals surface area (Å²) in [4.78, 5) is 33.3. The van der Waals surface area contributed by atoms with Gasteiger partial charge in [-0.05, 0) is 61.1 Å². The van der Waals surface area contributed by atoms with Crippen LogP contribution in [-0.4, -0.2) is 47.8 Å². The monoisotopic (exact) mass is 613 g/mol. The zero-order chi connectivity index (χ0) is 31.7. The van der Waals surface area contributed by atoms with Gasteiger partial charge >= 0.3 is 6.03 Å². The number of rotatable bonds is 10. The van der Waals surface area contributed by atoms with Crippen LogP contribution < -0.4 is 20.9 Å². The third-order valence-corrected chi connectivity index (χ3v) is 8.05. The Morgan fingerprint density at radius 3 is 2.41 bits per heavy atom. The Morgan fingerprint density at radius 1 is 0.935 bits per heavy atom. The van der Waals surface area contributed by atoms with E-state index in [4.69, 9.17) is 4.98 Å². The van der Waals surface area contributed by atoms with Crippen molar-refractivity contribution in [2.75, 3.05) is 15.5 Å². The summed E-state index contributed by atoms with van der Waals surface area (Å²) in [6.45, 7) is 0.937.